The summed E-state index contributed by atoms with van der Waals surface area (Å²) in [5, 5.41) is 5.76. The van der Waals surface area contributed by atoms with Gasteiger partial charge in [-0.25, -0.2) is 9.18 Å². The summed E-state index contributed by atoms with van der Waals surface area (Å²) < 4.78 is 13.9. The van der Waals surface area contributed by atoms with Crippen LogP contribution in [-0.2, 0) is 11.3 Å². The highest BCUT2D eigenvalue weighted by molar-refractivity contribution is 9.10. The second-order valence-corrected chi connectivity index (χ2v) is 7.46. The molecule has 2 N–H and O–H groups in total. The highest BCUT2D eigenvalue weighted by Crippen LogP contribution is 2.20. The van der Waals surface area contributed by atoms with Gasteiger partial charge in [-0.15, -0.1) is 0 Å². The molecule has 1 aliphatic rings. The second kappa shape index (κ2) is 8.99. The van der Waals surface area contributed by atoms with Gasteiger partial charge in [0.25, 0.3) is 0 Å². The molecule has 1 saturated heterocycles. The second-order valence-electron chi connectivity index (χ2n) is 6.54. The van der Waals surface area contributed by atoms with Crippen LogP contribution >= 0.6 is 15.9 Å². The molecule has 0 aromatic heterocycles. The van der Waals surface area contributed by atoms with E-state index in [4.69, 9.17) is 0 Å². The van der Waals surface area contributed by atoms with Gasteiger partial charge in [0.2, 0.25) is 5.91 Å². The number of nitrogens with zero attached hydrogens (tertiary/aromatic N) is 1. The van der Waals surface area contributed by atoms with Crippen LogP contribution in [0, 0.1) is 11.7 Å². The number of nitrogens with one attached hydrogen (secondary N) is 2. The van der Waals surface area contributed by atoms with E-state index in [1.165, 1.54) is 12.1 Å². The van der Waals surface area contributed by atoms with Gasteiger partial charge in [0.05, 0.1) is 0 Å². The topological polar surface area (TPSA) is 61.4 Å². The van der Waals surface area contributed by atoms with Gasteiger partial charge in [-0.1, -0.05) is 28.1 Å². The Kier molecular flexibility index (Phi) is 6.45. The molecular weight excluding hydrogens is 413 g/mol. The van der Waals surface area contributed by atoms with Crippen LogP contribution in [-0.4, -0.2) is 29.9 Å². The number of carbonyl (C=O) groups is 2. The maximum Gasteiger partial charge on any atom is 0.321 e. The molecular formula is C20H21BrFN3O2. The number of rotatable bonds is 4. The number of amides is 3. The zero-order valence-corrected chi connectivity index (χ0v) is 16.3. The highest BCUT2D eigenvalue weighted by atomic mass is 79.9. The molecule has 0 aliphatic carbocycles. The summed E-state index contributed by atoms with van der Waals surface area (Å²) in [5.74, 6) is -0.423. The van der Waals surface area contributed by atoms with Crippen molar-refractivity contribution in [3.05, 3.63) is 64.4 Å². The molecule has 1 aliphatic heterocycles. The fourth-order valence-electron chi connectivity index (χ4n) is 3.02. The number of hydrogen-bond acceptors (Lipinski definition) is 2. The van der Waals surface area contributed by atoms with Crippen molar-refractivity contribution in [2.75, 3.05) is 18.4 Å². The molecule has 3 amide bonds. The van der Waals surface area contributed by atoms with Gasteiger partial charge < -0.3 is 15.5 Å². The number of likely N-dealkylation sites (tertiary alicyclic amines) is 1. The molecule has 5 nitrogen and oxygen atoms in total. The normalized spacial score (nSPS) is 14.7. The molecule has 1 heterocycles. The van der Waals surface area contributed by atoms with Crippen LogP contribution in [0.15, 0.2) is 53.0 Å². The minimum absolute atomic E-state index is 0.0210. The van der Waals surface area contributed by atoms with Crippen molar-refractivity contribution in [1.82, 2.24) is 10.2 Å². The third-order valence-corrected chi connectivity index (χ3v) is 5.16. The Morgan fingerprint density at radius 3 is 2.30 bits per heavy atom. The molecule has 3 rings (SSSR count). The van der Waals surface area contributed by atoms with Crippen molar-refractivity contribution in [2.24, 2.45) is 5.92 Å². The standard InChI is InChI=1S/C20H21BrFN3O2/c21-16-3-7-18(8-4-16)24-20(27)25-11-9-15(10-12-25)19(26)23-13-14-1-5-17(22)6-2-14/h1-8,15H,9-13H2,(H,23,26)(H,24,27). The van der Waals surface area contributed by atoms with E-state index >= 15 is 0 Å². The number of piperidine rings is 1. The average Bonchev–Trinajstić information content (AvgIpc) is 2.69. The molecule has 7 heteroatoms. The SMILES string of the molecule is O=C(NCc1ccc(F)cc1)C1CCN(C(=O)Nc2ccc(Br)cc2)CC1. The van der Waals surface area contributed by atoms with Crippen LogP contribution in [0.25, 0.3) is 0 Å². The van der Waals surface area contributed by atoms with Gasteiger partial charge in [0.1, 0.15) is 5.82 Å². The third kappa shape index (κ3) is 5.53. The first-order valence-electron chi connectivity index (χ1n) is 8.85. The van der Waals surface area contributed by atoms with Gasteiger partial charge in [-0.3, -0.25) is 4.79 Å². The Bertz CT molecular complexity index is 788. The lowest BCUT2D eigenvalue weighted by Gasteiger charge is -2.31. The van der Waals surface area contributed by atoms with Crippen molar-refractivity contribution < 1.29 is 14.0 Å². The lowest BCUT2D eigenvalue weighted by molar-refractivity contribution is -0.126. The van der Waals surface area contributed by atoms with Crippen LogP contribution in [0.1, 0.15) is 18.4 Å². The van der Waals surface area contributed by atoms with Crippen molar-refractivity contribution in [1.29, 1.82) is 0 Å². The van der Waals surface area contributed by atoms with E-state index < -0.39 is 0 Å². The molecule has 1 fully saturated rings. The number of hydrogen-bond donors (Lipinski definition) is 2. The Labute approximate surface area is 166 Å². The van der Waals surface area contributed by atoms with Crippen molar-refractivity contribution in [3.8, 4) is 0 Å². The average molecular weight is 434 g/mol. The summed E-state index contributed by atoms with van der Waals surface area (Å²) in [5.41, 5.74) is 1.60. The zero-order valence-electron chi connectivity index (χ0n) is 14.8. The lowest BCUT2D eigenvalue weighted by Crippen LogP contribution is -2.44. The molecule has 2 aromatic carbocycles. The maximum atomic E-state index is 12.9. The minimum atomic E-state index is -0.293. The van der Waals surface area contributed by atoms with E-state index in [1.807, 2.05) is 24.3 Å². The first-order chi connectivity index (χ1) is 13.0. The van der Waals surface area contributed by atoms with Crippen LogP contribution < -0.4 is 10.6 Å². The van der Waals surface area contributed by atoms with E-state index in [1.54, 1.807) is 17.0 Å². The predicted molar refractivity (Wildman–Crippen MR) is 106 cm³/mol. The van der Waals surface area contributed by atoms with E-state index in [2.05, 4.69) is 26.6 Å². The fraction of sp³-hybridized carbons (Fsp3) is 0.300. The molecule has 27 heavy (non-hydrogen) atoms. The Hall–Kier alpha value is -2.41. The Balaban J connectivity index is 1.43. The lowest BCUT2D eigenvalue weighted by atomic mass is 9.96. The smallest absolute Gasteiger partial charge is 0.321 e. The van der Waals surface area contributed by atoms with E-state index in [0.29, 0.717) is 32.5 Å². The van der Waals surface area contributed by atoms with Gasteiger partial charge in [-0.2, -0.15) is 0 Å². The van der Waals surface area contributed by atoms with Crippen molar-refractivity contribution in [2.45, 2.75) is 19.4 Å². The number of anilines is 1. The van der Waals surface area contributed by atoms with Gasteiger partial charge in [-0.05, 0) is 54.8 Å². The summed E-state index contributed by atoms with van der Waals surface area (Å²) in [4.78, 5) is 26.4. The molecule has 0 radical (unpaired) electrons. The predicted octanol–water partition coefficient (Wildman–Crippen LogP) is 4.15. The van der Waals surface area contributed by atoms with Crippen LogP contribution in [0.3, 0.4) is 0 Å². The molecule has 0 spiro atoms. The summed E-state index contributed by atoms with van der Waals surface area (Å²) >= 11 is 3.36. The Morgan fingerprint density at radius 2 is 1.67 bits per heavy atom. The first kappa shape index (κ1) is 19.4. The largest absolute Gasteiger partial charge is 0.352 e. The van der Waals surface area contributed by atoms with Gasteiger partial charge in [0, 0.05) is 35.7 Å². The maximum absolute atomic E-state index is 12.9. The third-order valence-electron chi connectivity index (χ3n) is 4.63. The fourth-order valence-corrected chi connectivity index (χ4v) is 3.28. The number of benzene rings is 2. The highest BCUT2D eigenvalue weighted by Gasteiger charge is 2.27. The minimum Gasteiger partial charge on any atom is -0.352 e. The molecule has 0 unspecified atom stereocenters. The molecule has 0 saturated carbocycles. The van der Waals surface area contributed by atoms with E-state index in [0.717, 1.165) is 15.7 Å². The summed E-state index contributed by atoms with van der Waals surface area (Å²) in [7, 11) is 0. The quantitative estimate of drug-likeness (QED) is 0.760. The van der Waals surface area contributed by atoms with Crippen LogP contribution in [0.2, 0.25) is 0 Å². The van der Waals surface area contributed by atoms with Gasteiger partial charge >= 0.3 is 6.03 Å². The van der Waals surface area contributed by atoms with E-state index in [-0.39, 0.29) is 23.7 Å². The summed E-state index contributed by atoms with van der Waals surface area (Å²) in [6, 6.07) is 13.3. The molecule has 0 atom stereocenters. The molecule has 2 aromatic rings. The van der Waals surface area contributed by atoms with Crippen LogP contribution in [0.5, 0.6) is 0 Å². The number of carbonyl (C=O) groups excluding carboxylic acids is 2. The van der Waals surface area contributed by atoms with Gasteiger partial charge in [0.15, 0.2) is 0 Å². The zero-order chi connectivity index (χ0) is 19.2. The summed E-state index contributed by atoms with van der Waals surface area (Å²) in [6.45, 7) is 1.46. The van der Waals surface area contributed by atoms with Crippen molar-refractivity contribution in [3.63, 3.8) is 0 Å². The summed E-state index contributed by atoms with van der Waals surface area (Å²) in [6.07, 6.45) is 1.26. The first-order valence-corrected chi connectivity index (χ1v) is 9.64. The molecule has 0 bridgehead atoms. The molecule has 142 valence electrons. The number of halogens is 2. The van der Waals surface area contributed by atoms with Crippen molar-refractivity contribution >= 4 is 33.6 Å². The monoisotopic (exact) mass is 433 g/mol. The van der Waals surface area contributed by atoms with E-state index in [9.17, 15) is 14.0 Å². The van der Waals surface area contributed by atoms with Crippen LogP contribution in [0.4, 0.5) is 14.9 Å². The number of urea groups is 1. The Morgan fingerprint density at radius 1 is 1.04 bits per heavy atom.